The summed E-state index contributed by atoms with van der Waals surface area (Å²) in [7, 11) is 1.40. The zero-order valence-corrected chi connectivity index (χ0v) is 22.5. The number of carbonyl (C=O) groups is 4. The lowest BCUT2D eigenvalue weighted by Gasteiger charge is -2.23. The van der Waals surface area contributed by atoms with Crippen LogP contribution >= 0.6 is 13.5 Å². The third kappa shape index (κ3) is 13.1. The van der Waals surface area contributed by atoms with Crippen LogP contribution in [0.25, 0.3) is 0 Å². The summed E-state index contributed by atoms with van der Waals surface area (Å²) in [5.74, 6) is -3.02. The van der Waals surface area contributed by atoms with Gasteiger partial charge in [0, 0.05) is 26.4 Å². The van der Waals surface area contributed by atoms with E-state index in [-0.39, 0.29) is 51.1 Å². The predicted molar refractivity (Wildman–Crippen MR) is 139 cm³/mol. The Morgan fingerprint density at radius 3 is 2.43 bits per heavy atom. The van der Waals surface area contributed by atoms with Gasteiger partial charge in [-0.1, -0.05) is 39.5 Å². The van der Waals surface area contributed by atoms with Crippen molar-refractivity contribution in [3.8, 4) is 0 Å². The fourth-order valence-electron chi connectivity index (χ4n) is 3.51. The Hall–Kier alpha value is -3.16. The van der Waals surface area contributed by atoms with Gasteiger partial charge < -0.3 is 20.7 Å². The monoisotopic (exact) mass is 547 g/mol. The number of amides is 3. The summed E-state index contributed by atoms with van der Waals surface area (Å²) in [6, 6.07) is -1.05. The normalized spacial score (nSPS) is 12.1. The van der Waals surface area contributed by atoms with Crippen molar-refractivity contribution in [3.63, 3.8) is 0 Å². The average molecular weight is 548 g/mol. The van der Waals surface area contributed by atoms with Crippen LogP contribution in [0, 0.1) is 11.7 Å². The second-order valence-electron chi connectivity index (χ2n) is 8.86. The van der Waals surface area contributed by atoms with Gasteiger partial charge in [-0.2, -0.15) is 17.9 Å². The van der Waals surface area contributed by atoms with Crippen LogP contribution in [0.5, 0.6) is 0 Å². The van der Waals surface area contributed by atoms with E-state index in [2.05, 4.69) is 12.2 Å². The number of nitrogens with zero attached hydrogens (tertiary/aromatic N) is 2. The average Bonchev–Trinajstić information content (AvgIpc) is 2.79. The van der Waals surface area contributed by atoms with Gasteiger partial charge in [-0.3, -0.25) is 28.7 Å². The maximum atomic E-state index is 13.3. The van der Waals surface area contributed by atoms with E-state index in [0.717, 1.165) is 30.6 Å². The van der Waals surface area contributed by atoms with Crippen LogP contribution in [0.2, 0.25) is 0 Å². The highest BCUT2D eigenvalue weighted by Gasteiger charge is 2.25. The van der Waals surface area contributed by atoms with Crippen molar-refractivity contribution in [3.05, 3.63) is 32.9 Å². The van der Waals surface area contributed by atoms with Gasteiger partial charge >= 0.3 is 11.8 Å². The molecule has 3 amide bonds. The van der Waals surface area contributed by atoms with Gasteiger partial charge in [-0.15, -0.1) is 0 Å². The minimum Gasteiger partial charge on any atom is -0.427 e. The van der Waals surface area contributed by atoms with Gasteiger partial charge in [0.25, 0.3) is 5.56 Å². The highest BCUT2D eigenvalue weighted by molar-refractivity contribution is 7.59. The van der Waals surface area contributed by atoms with Gasteiger partial charge in [0.05, 0.1) is 18.7 Å². The van der Waals surface area contributed by atoms with Crippen LogP contribution in [0.1, 0.15) is 65.2 Å². The van der Waals surface area contributed by atoms with Crippen molar-refractivity contribution in [1.82, 2.24) is 19.8 Å². The van der Waals surface area contributed by atoms with E-state index >= 15 is 0 Å². The fourth-order valence-corrected chi connectivity index (χ4v) is 3.51. The molecule has 2 atom stereocenters. The zero-order valence-electron chi connectivity index (χ0n) is 21.5. The summed E-state index contributed by atoms with van der Waals surface area (Å²) < 4.78 is 18.9. The van der Waals surface area contributed by atoms with Gasteiger partial charge in [0.1, 0.15) is 0 Å². The maximum absolute atomic E-state index is 13.3. The van der Waals surface area contributed by atoms with E-state index in [1.165, 1.54) is 7.05 Å². The lowest BCUT2D eigenvalue weighted by Crippen LogP contribution is -2.44. The number of hydrogen-bond donors (Lipinski definition) is 3. The van der Waals surface area contributed by atoms with Gasteiger partial charge in [0.15, 0.2) is 12.5 Å². The number of Topliss-reactive ketones (excluding diaryl/α,β-unsaturated/α-hetero) is 1. The number of nitrogens with two attached hydrogens (primary N) is 1. The Morgan fingerprint density at radius 1 is 1.16 bits per heavy atom. The van der Waals surface area contributed by atoms with E-state index in [0.29, 0.717) is 17.2 Å². The third-order valence-electron chi connectivity index (χ3n) is 5.38. The lowest BCUT2D eigenvalue weighted by atomic mass is 9.97. The first-order valence-corrected chi connectivity index (χ1v) is 11.9. The molecule has 14 heteroatoms. The van der Waals surface area contributed by atoms with Gasteiger partial charge in [0.2, 0.25) is 17.6 Å². The van der Waals surface area contributed by atoms with Crippen molar-refractivity contribution in [2.75, 3.05) is 13.6 Å². The van der Waals surface area contributed by atoms with Crippen molar-refractivity contribution < 1.29 is 28.3 Å². The minimum absolute atomic E-state index is 0. The number of primary amides is 1. The SMILES string of the molecule is CCCCCCCC(=O)N[C@H](CC(N)=O)C(=O)C[C@@H](C)CN(C)C(=O)OCn1cc(F)c(=O)[nH]c1=O.S. The highest BCUT2D eigenvalue weighted by atomic mass is 32.1. The van der Waals surface area contributed by atoms with E-state index in [4.69, 9.17) is 10.5 Å². The quantitative estimate of drug-likeness (QED) is 0.260. The lowest BCUT2D eigenvalue weighted by molar-refractivity contribution is -0.130. The maximum Gasteiger partial charge on any atom is 0.411 e. The number of rotatable bonds is 16. The molecule has 0 radical (unpaired) electrons. The summed E-state index contributed by atoms with van der Waals surface area (Å²) in [6.45, 7) is 3.23. The number of hydrogen-bond acceptors (Lipinski definition) is 7. The number of aromatic nitrogens is 2. The third-order valence-corrected chi connectivity index (χ3v) is 5.38. The molecule has 0 fully saturated rings. The molecular formula is C23H38FN5O7S. The number of ketones is 1. The topological polar surface area (TPSA) is 174 Å². The molecule has 12 nitrogen and oxygen atoms in total. The second kappa shape index (κ2) is 17.3. The van der Waals surface area contributed by atoms with Gasteiger partial charge in [-0.25, -0.2) is 9.59 Å². The largest absolute Gasteiger partial charge is 0.427 e. The van der Waals surface area contributed by atoms with E-state index < -0.39 is 47.6 Å². The molecule has 4 N–H and O–H groups in total. The molecule has 37 heavy (non-hydrogen) atoms. The predicted octanol–water partition coefficient (Wildman–Crippen LogP) is 1.13. The first kappa shape index (κ1) is 33.8. The van der Waals surface area contributed by atoms with Crippen LogP contribution in [-0.4, -0.2) is 57.8 Å². The summed E-state index contributed by atoms with van der Waals surface area (Å²) in [4.78, 5) is 74.2. The number of halogens is 1. The Morgan fingerprint density at radius 2 is 1.81 bits per heavy atom. The molecule has 1 aromatic rings. The molecule has 0 saturated carbocycles. The van der Waals surface area contributed by atoms with Crippen LogP contribution in [0.4, 0.5) is 9.18 Å². The smallest absolute Gasteiger partial charge is 0.411 e. The van der Waals surface area contributed by atoms with Crippen molar-refractivity contribution in [2.45, 2.75) is 78.0 Å². The minimum atomic E-state index is -1.21. The number of carbonyl (C=O) groups excluding carboxylic acids is 4. The van der Waals surface area contributed by atoms with E-state index in [9.17, 15) is 33.2 Å². The molecule has 0 spiro atoms. The second-order valence-corrected chi connectivity index (χ2v) is 8.86. The number of aromatic amines is 1. The van der Waals surface area contributed by atoms with Crippen LogP contribution in [0.15, 0.2) is 15.8 Å². The number of ether oxygens (including phenoxy) is 1. The summed E-state index contributed by atoms with van der Waals surface area (Å²) in [5.41, 5.74) is 3.11. The standard InChI is InChI=1S/C23H36FN5O7.H2S/c1-4-5-6-7-8-9-20(32)26-17(11-19(25)31)18(30)10-15(2)12-28(3)23(35)36-14-29-13-16(24)21(33)27-22(29)34;/h13,15,17H,4-12,14H2,1-3H3,(H2,25,31)(H,26,32)(H,27,33,34);1H2/t15-,17-;/m1./s1. The summed E-state index contributed by atoms with van der Waals surface area (Å²) >= 11 is 0. The van der Waals surface area contributed by atoms with Gasteiger partial charge in [-0.05, 0) is 12.3 Å². The number of unbranched alkanes of at least 4 members (excludes halogenated alkanes) is 4. The Kier molecular flexibility index (Phi) is 15.8. The summed E-state index contributed by atoms with van der Waals surface area (Å²) in [6.07, 6.45) is 4.44. The molecule has 1 rings (SSSR count). The highest BCUT2D eigenvalue weighted by Crippen LogP contribution is 2.11. The van der Waals surface area contributed by atoms with Crippen molar-refractivity contribution >= 4 is 37.2 Å². The molecule has 210 valence electrons. The molecule has 0 saturated heterocycles. The molecule has 0 aliphatic rings. The first-order valence-electron chi connectivity index (χ1n) is 11.9. The Bertz CT molecular complexity index is 1030. The summed E-state index contributed by atoms with van der Waals surface area (Å²) in [5, 5.41) is 2.59. The Labute approximate surface area is 221 Å². The zero-order chi connectivity index (χ0) is 27.3. The molecule has 0 unspecified atom stereocenters. The first-order chi connectivity index (χ1) is 16.9. The van der Waals surface area contributed by atoms with E-state index in [1.54, 1.807) is 11.9 Å². The fraction of sp³-hybridized carbons (Fsp3) is 0.652. The Balaban J connectivity index is 0.0000130. The molecule has 0 aromatic carbocycles. The van der Waals surface area contributed by atoms with Crippen LogP contribution in [-0.2, 0) is 25.9 Å². The molecule has 0 bridgehead atoms. The van der Waals surface area contributed by atoms with Crippen molar-refractivity contribution in [2.24, 2.45) is 11.7 Å². The van der Waals surface area contributed by atoms with E-state index in [1.807, 2.05) is 0 Å². The molecular weight excluding hydrogens is 509 g/mol. The van der Waals surface area contributed by atoms with Crippen LogP contribution in [0.3, 0.4) is 0 Å². The van der Waals surface area contributed by atoms with Crippen molar-refractivity contribution in [1.29, 1.82) is 0 Å². The number of nitrogens with one attached hydrogen (secondary N) is 2. The molecule has 1 aromatic heterocycles. The molecule has 1 heterocycles. The number of H-pyrrole nitrogens is 1. The molecule has 0 aliphatic heterocycles. The van der Waals surface area contributed by atoms with Crippen LogP contribution < -0.4 is 22.3 Å². The molecule has 0 aliphatic carbocycles.